The summed E-state index contributed by atoms with van der Waals surface area (Å²) >= 11 is 0. The van der Waals surface area contributed by atoms with Crippen LogP contribution in [-0.2, 0) is 28.2 Å². The molecule has 1 aliphatic rings. The van der Waals surface area contributed by atoms with Crippen molar-refractivity contribution < 1.29 is 13.2 Å². The molecule has 0 N–H and O–H groups in total. The topological polar surface area (TPSA) is 77.2 Å². The van der Waals surface area contributed by atoms with Crippen LogP contribution in [0.25, 0.3) is 0 Å². The van der Waals surface area contributed by atoms with Gasteiger partial charge in [0.2, 0.25) is 5.91 Å². The van der Waals surface area contributed by atoms with Gasteiger partial charge < -0.3 is 9.47 Å². The van der Waals surface area contributed by atoms with Crippen molar-refractivity contribution in [3.05, 3.63) is 42.5 Å². The van der Waals surface area contributed by atoms with Gasteiger partial charge in [-0.15, -0.1) is 0 Å². The minimum atomic E-state index is -3.13. The first kappa shape index (κ1) is 16.8. The zero-order chi connectivity index (χ0) is 17.2. The average molecular weight is 350 g/mol. The summed E-state index contributed by atoms with van der Waals surface area (Å²) in [5.41, 5.74) is 0.777. The molecular weight excluding hydrogens is 328 g/mol. The number of sulfone groups is 1. The van der Waals surface area contributed by atoms with Crippen molar-refractivity contribution in [1.82, 2.24) is 19.2 Å². The largest absolute Gasteiger partial charge is 0.354 e. The first-order chi connectivity index (χ1) is 11.4. The van der Waals surface area contributed by atoms with E-state index in [1.165, 1.54) is 0 Å². The highest BCUT2D eigenvalue weighted by atomic mass is 32.2. The predicted octanol–water partition coefficient (Wildman–Crippen LogP) is 1.00. The summed E-state index contributed by atoms with van der Waals surface area (Å²) in [5.74, 6) is 0.0145. The molecular formula is C16H22N4O3S. The standard InChI is InChI=1S/C16H22N4O3S/c1-18-12-14(11-17-18)15-13-24(22,23)10-9-20(15)16(21)5-4-8-19-6-2-3-7-19/h2-3,6-7,11-12,15H,4-5,8-10,13H2,1H3/t15-/m0/s1. The third-order valence-electron chi connectivity index (χ3n) is 4.33. The third-order valence-corrected chi connectivity index (χ3v) is 5.96. The number of aromatic nitrogens is 3. The third kappa shape index (κ3) is 3.87. The Balaban J connectivity index is 1.68. The van der Waals surface area contributed by atoms with E-state index in [2.05, 4.69) is 5.10 Å². The Hall–Kier alpha value is -2.09. The molecule has 7 nitrogen and oxygen atoms in total. The quantitative estimate of drug-likeness (QED) is 0.806. The maximum atomic E-state index is 12.6. The number of rotatable bonds is 5. The van der Waals surface area contributed by atoms with Crippen LogP contribution in [0.3, 0.4) is 0 Å². The summed E-state index contributed by atoms with van der Waals surface area (Å²) in [6.45, 7) is 1.03. The van der Waals surface area contributed by atoms with Crippen molar-refractivity contribution in [2.75, 3.05) is 18.1 Å². The molecule has 0 saturated carbocycles. The van der Waals surface area contributed by atoms with Crippen molar-refractivity contribution in [2.24, 2.45) is 7.05 Å². The second-order valence-electron chi connectivity index (χ2n) is 6.19. The highest BCUT2D eigenvalue weighted by Crippen LogP contribution is 2.27. The summed E-state index contributed by atoms with van der Waals surface area (Å²) in [5, 5.41) is 4.11. The number of carbonyl (C=O) groups is 1. The highest BCUT2D eigenvalue weighted by molar-refractivity contribution is 7.91. The smallest absolute Gasteiger partial charge is 0.223 e. The normalized spacial score (nSPS) is 20.2. The lowest BCUT2D eigenvalue weighted by atomic mass is 10.1. The number of nitrogens with zero attached hydrogens (tertiary/aromatic N) is 4. The van der Waals surface area contributed by atoms with Crippen molar-refractivity contribution in [3.8, 4) is 0 Å². The van der Waals surface area contributed by atoms with E-state index in [1.54, 1.807) is 29.0 Å². The summed E-state index contributed by atoms with van der Waals surface area (Å²) in [4.78, 5) is 14.3. The van der Waals surface area contributed by atoms with Crippen LogP contribution in [0.1, 0.15) is 24.4 Å². The molecule has 0 aliphatic carbocycles. The Kier molecular flexibility index (Phi) is 4.75. The molecule has 0 aromatic carbocycles. The number of hydrogen-bond donors (Lipinski definition) is 0. The van der Waals surface area contributed by atoms with Gasteiger partial charge in [0.1, 0.15) is 0 Å². The molecule has 1 fully saturated rings. The highest BCUT2D eigenvalue weighted by Gasteiger charge is 2.35. The molecule has 2 aromatic heterocycles. The zero-order valence-corrected chi connectivity index (χ0v) is 14.5. The monoisotopic (exact) mass is 350 g/mol. The average Bonchev–Trinajstić information content (AvgIpc) is 3.18. The Morgan fingerprint density at radius 2 is 2.08 bits per heavy atom. The fourth-order valence-electron chi connectivity index (χ4n) is 3.07. The van der Waals surface area contributed by atoms with Gasteiger partial charge in [0.25, 0.3) is 0 Å². The second-order valence-corrected chi connectivity index (χ2v) is 8.42. The van der Waals surface area contributed by atoms with Gasteiger partial charge in [-0.1, -0.05) is 0 Å². The number of hydrogen-bond acceptors (Lipinski definition) is 4. The zero-order valence-electron chi connectivity index (χ0n) is 13.7. The first-order valence-electron chi connectivity index (χ1n) is 8.04. The van der Waals surface area contributed by atoms with Crippen LogP contribution >= 0.6 is 0 Å². The van der Waals surface area contributed by atoms with E-state index in [1.807, 2.05) is 29.1 Å². The summed E-state index contributed by atoms with van der Waals surface area (Å²) in [7, 11) is -1.35. The maximum absolute atomic E-state index is 12.6. The Labute approximate surface area is 141 Å². The number of aryl methyl sites for hydroxylation is 2. The molecule has 2 aromatic rings. The molecule has 1 aliphatic heterocycles. The van der Waals surface area contributed by atoms with E-state index in [4.69, 9.17) is 0 Å². The molecule has 3 rings (SSSR count). The molecule has 24 heavy (non-hydrogen) atoms. The first-order valence-corrected chi connectivity index (χ1v) is 9.86. The molecule has 1 atom stereocenters. The number of amides is 1. The summed E-state index contributed by atoms with van der Waals surface area (Å²) < 4.78 is 27.7. The van der Waals surface area contributed by atoms with Crippen molar-refractivity contribution in [1.29, 1.82) is 0 Å². The molecule has 1 amide bonds. The fraction of sp³-hybridized carbons (Fsp3) is 0.500. The predicted molar refractivity (Wildman–Crippen MR) is 90.0 cm³/mol. The lowest BCUT2D eigenvalue weighted by Crippen LogP contribution is -2.46. The van der Waals surface area contributed by atoms with Crippen LogP contribution in [0.15, 0.2) is 36.9 Å². The SMILES string of the molecule is Cn1cc([C@@H]2CS(=O)(=O)CCN2C(=O)CCCn2cccc2)cn1. The molecule has 0 bridgehead atoms. The maximum Gasteiger partial charge on any atom is 0.223 e. The minimum absolute atomic E-state index is 0.00547. The van der Waals surface area contributed by atoms with Crippen LogP contribution in [-0.4, -0.2) is 51.6 Å². The van der Waals surface area contributed by atoms with E-state index in [-0.39, 0.29) is 24.0 Å². The van der Waals surface area contributed by atoms with Crippen molar-refractivity contribution in [2.45, 2.75) is 25.4 Å². The molecule has 8 heteroatoms. The second kappa shape index (κ2) is 6.80. The fourth-order valence-corrected chi connectivity index (χ4v) is 4.56. The van der Waals surface area contributed by atoms with Gasteiger partial charge in [-0.3, -0.25) is 9.48 Å². The Morgan fingerprint density at radius 3 is 2.75 bits per heavy atom. The molecule has 0 radical (unpaired) electrons. The lowest BCUT2D eigenvalue weighted by molar-refractivity contribution is -0.133. The van der Waals surface area contributed by atoms with E-state index < -0.39 is 15.9 Å². The van der Waals surface area contributed by atoms with E-state index in [9.17, 15) is 13.2 Å². The van der Waals surface area contributed by atoms with Crippen LogP contribution in [0.4, 0.5) is 0 Å². The summed E-state index contributed by atoms with van der Waals surface area (Å²) in [6, 6.07) is 3.47. The van der Waals surface area contributed by atoms with Gasteiger partial charge in [0, 0.05) is 50.7 Å². The Bertz CT molecular complexity index is 795. The van der Waals surface area contributed by atoms with Crippen LogP contribution in [0.2, 0.25) is 0 Å². The van der Waals surface area contributed by atoms with Gasteiger partial charge >= 0.3 is 0 Å². The van der Waals surface area contributed by atoms with Crippen LogP contribution < -0.4 is 0 Å². The minimum Gasteiger partial charge on any atom is -0.354 e. The van der Waals surface area contributed by atoms with Crippen molar-refractivity contribution >= 4 is 15.7 Å². The molecule has 0 spiro atoms. The van der Waals surface area contributed by atoms with Gasteiger partial charge in [-0.05, 0) is 18.6 Å². The van der Waals surface area contributed by atoms with Gasteiger partial charge in [0.05, 0.1) is 23.7 Å². The molecule has 0 unspecified atom stereocenters. The van der Waals surface area contributed by atoms with Gasteiger partial charge in [-0.2, -0.15) is 5.10 Å². The van der Waals surface area contributed by atoms with Gasteiger partial charge in [0.15, 0.2) is 9.84 Å². The molecule has 3 heterocycles. The lowest BCUT2D eigenvalue weighted by Gasteiger charge is -2.35. The van der Waals surface area contributed by atoms with Crippen LogP contribution in [0, 0.1) is 0 Å². The van der Waals surface area contributed by atoms with E-state index in [0.29, 0.717) is 6.42 Å². The summed E-state index contributed by atoms with van der Waals surface area (Å²) in [6.07, 6.45) is 8.51. The Morgan fingerprint density at radius 1 is 1.33 bits per heavy atom. The molecule has 1 saturated heterocycles. The van der Waals surface area contributed by atoms with E-state index in [0.717, 1.165) is 18.5 Å². The van der Waals surface area contributed by atoms with Crippen LogP contribution in [0.5, 0.6) is 0 Å². The van der Waals surface area contributed by atoms with E-state index >= 15 is 0 Å². The number of carbonyl (C=O) groups excluding carboxylic acids is 1. The molecule has 130 valence electrons. The van der Waals surface area contributed by atoms with Crippen molar-refractivity contribution in [3.63, 3.8) is 0 Å². The van der Waals surface area contributed by atoms with Gasteiger partial charge in [-0.25, -0.2) is 8.42 Å².